The average molecular weight is 471 g/mol. The van der Waals surface area contributed by atoms with E-state index in [4.69, 9.17) is 16.3 Å². The zero-order valence-electron chi connectivity index (χ0n) is 16.4. The van der Waals surface area contributed by atoms with Crippen LogP contribution in [0.15, 0.2) is 64.9 Å². The van der Waals surface area contributed by atoms with Crippen molar-refractivity contribution in [2.45, 2.75) is 13.2 Å². The molecule has 0 amide bonds. The van der Waals surface area contributed by atoms with E-state index in [1.807, 2.05) is 12.1 Å². The second-order valence-electron chi connectivity index (χ2n) is 6.65. The maximum absolute atomic E-state index is 12.8. The van der Waals surface area contributed by atoms with Crippen LogP contribution in [0.4, 0.5) is 11.4 Å². The van der Waals surface area contributed by atoms with E-state index >= 15 is 0 Å². The van der Waals surface area contributed by atoms with Crippen LogP contribution in [0, 0.1) is 10.1 Å². The second-order valence-corrected chi connectivity index (χ2v) is 7.93. The lowest BCUT2D eigenvalue weighted by Gasteiger charge is -2.12. The van der Waals surface area contributed by atoms with Crippen molar-refractivity contribution in [2.75, 3.05) is 5.32 Å². The van der Waals surface area contributed by atoms with Gasteiger partial charge in [-0.15, -0.1) is 11.3 Å². The summed E-state index contributed by atoms with van der Waals surface area (Å²) in [5.74, 6) is -0.788. The number of thiazole rings is 1. The number of esters is 1. The first kappa shape index (κ1) is 21.5. The Balaban J connectivity index is 1.56. The third kappa shape index (κ3) is 4.61. The summed E-state index contributed by atoms with van der Waals surface area (Å²) in [6.07, 6.45) is 1.60. The van der Waals surface area contributed by atoms with Crippen LogP contribution < -0.4 is 10.9 Å². The molecule has 0 aliphatic carbocycles. The molecular formula is C21H15ClN4O5S. The third-order valence-electron chi connectivity index (χ3n) is 4.57. The number of carbonyl (C=O) groups excluding carboxylic acids is 1. The van der Waals surface area contributed by atoms with E-state index in [9.17, 15) is 19.7 Å². The smallest absolute Gasteiger partial charge is 0.340 e. The number of benzene rings is 2. The monoisotopic (exact) mass is 470 g/mol. The normalized spacial score (nSPS) is 10.8. The number of aromatic nitrogens is 2. The number of halogens is 1. The van der Waals surface area contributed by atoms with Gasteiger partial charge in [0.2, 0.25) is 0 Å². The van der Waals surface area contributed by atoms with Crippen molar-refractivity contribution in [1.29, 1.82) is 0 Å². The van der Waals surface area contributed by atoms with Crippen LogP contribution in [0.1, 0.15) is 21.6 Å². The van der Waals surface area contributed by atoms with E-state index < -0.39 is 10.9 Å². The minimum atomic E-state index is -0.788. The Labute approximate surface area is 190 Å². The first-order chi connectivity index (χ1) is 15.4. The summed E-state index contributed by atoms with van der Waals surface area (Å²) in [4.78, 5) is 40.2. The van der Waals surface area contributed by atoms with Gasteiger partial charge in [-0.25, -0.2) is 9.78 Å². The quantitative estimate of drug-likeness (QED) is 0.243. The molecule has 2 aromatic carbocycles. The van der Waals surface area contributed by atoms with Gasteiger partial charge in [0.15, 0.2) is 4.96 Å². The van der Waals surface area contributed by atoms with Gasteiger partial charge < -0.3 is 10.1 Å². The van der Waals surface area contributed by atoms with E-state index in [2.05, 4.69) is 10.3 Å². The molecule has 0 bridgehead atoms. The van der Waals surface area contributed by atoms with Crippen molar-refractivity contribution in [3.63, 3.8) is 0 Å². The molecule has 2 heterocycles. The molecule has 9 nitrogen and oxygen atoms in total. The van der Waals surface area contributed by atoms with E-state index in [0.29, 0.717) is 22.2 Å². The van der Waals surface area contributed by atoms with Crippen molar-refractivity contribution in [1.82, 2.24) is 9.38 Å². The molecule has 0 aliphatic rings. The molecule has 32 heavy (non-hydrogen) atoms. The Hall–Kier alpha value is -3.76. The standard InChI is InChI=1S/C21H15ClN4O5S/c22-17-4-2-1-3-13(17)11-23-18-6-5-15(26(29)30)10-16(18)20(28)31-12-14-9-19(27)25-7-8-32-21(25)24-14/h1-10,23H,11-12H2. The topological polar surface area (TPSA) is 116 Å². The van der Waals surface area contributed by atoms with Gasteiger partial charge in [-0.3, -0.25) is 19.3 Å². The van der Waals surface area contributed by atoms with Crippen LogP contribution in [0.5, 0.6) is 0 Å². The van der Waals surface area contributed by atoms with Gasteiger partial charge in [-0.05, 0) is 17.7 Å². The van der Waals surface area contributed by atoms with Gasteiger partial charge in [0, 0.05) is 47.0 Å². The van der Waals surface area contributed by atoms with Crippen molar-refractivity contribution in [3.05, 3.63) is 102 Å². The maximum Gasteiger partial charge on any atom is 0.340 e. The van der Waals surface area contributed by atoms with E-state index in [1.54, 1.807) is 23.7 Å². The van der Waals surface area contributed by atoms with Crippen LogP contribution >= 0.6 is 22.9 Å². The van der Waals surface area contributed by atoms with Gasteiger partial charge in [0.05, 0.1) is 16.2 Å². The first-order valence-electron chi connectivity index (χ1n) is 9.31. The number of hydrogen-bond donors (Lipinski definition) is 1. The number of carbonyl (C=O) groups is 1. The number of ether oxygens (including phenoxy) is 1. The molecule has 0 fully saturated rings. The van der Waals surface area contributed by atoms with Crippen LogP contribution in [0.2, 0.25) is 5.02 Å². The lowest BCUT2D eigenvalue weighted by molar-refractivity contribution is -0.384. The third-order valence-corrected chi connectivity index (χ3v) is 5.69. The van der Waals surface area contributed by atoms with Crippen LogP contribution in [-0.2, 0) is 17.9 Å². The van der Waals surface area contributed by atoms with E-state index in [0.717, 1.165) is 11.6 Å². The Bertz CT molecular complexity index is 1380. The highest BCUT2D eigenvalue weighted by atomic mass is 35.5. The Morgan fingerprint density at radius 3 is 2.84 bits per heavy atom. The fraction of sp³-hybridized carbons (Fsp3) is 0.0952. The molecule has 2 aromatic heterocycles. The fourth-order valence-corrected chi connectivity index (χ4v) is 3.92. The summed E-state index contributed by atoms with van der Waals surface area (Å²) in [6.45, 7) is 0.0419. The number of nitrogens with zero attached hydrogens (tertiary/aromatic N) is 3. The number of fused-ring (bicyclic) bond motifs is 1. The highest BCUT2D eigenvalue weighted by molar-refractivity contribution is 7.15. The second kappa shape index (κ2) is 9.16. The molecule has 11 heteroatoms. The van der Waals surface area contributed by atoms with E-state index in [1.165, 1.54) is 33.9 Å². The number of hydrogen-bond acceptors (Lipinski definition) is 8. The SMILES string of the molecule is O=C(OCc1cc(=O)n2ccsc2n1)c1cc([N+](=O)[O-])ccc1NCc1ccccc1Cl. The lowest BCUT2D eigenvalue weighted by Crippen LogP contribution is -2.15. The minimum absolute atomic E-state index is 0.0137. The molecule has 4 aromatic rings. The van der Waals surface area contributed by atoms with Gasteiger partial charge >= 0.3 is 5.97 Å². The number of nitro groups is 1. The fourth-order valence-electron chi connectivity index (χ4n) is 2.98. The first-order valence-corrected chi connectivity index (χ1v) is 10.6. The maximum atomic E-state index is 12.8. The summed E-state index contributed by atoms with van der Waals surface area (Å²) in [5, 5.41) is 16.5. The zero-order valence-corrected chi connectivity index (χ0v) is 17.9. The minimum Gasteiger partial charge on any atom is -0.456 e. The number of non-ortho nitro benzene ring substituents is 1. The summed E-state index contributed by atoms with van der Waals surface area (Å²) in [5.41, 5.74) is 0.862. The van der Waals surface area contributed by atoms with Gasteiger partial charge in [-0.2, -0.15) is 0 Å². The van der Waals surface area contributed by atoms with E-state index in [-0.39, 0.29) is 29.1 Å². The average Bonchev–Trinajstić information content (AvgIpc) is 3.26. The molecule has 1 N–H and O–H groups in total. The molecule has 0 unspecified atom stereocenters. The summed E-state index contributed by atoms with van der Waals surface area (Å²) >= 11 is 7.44. The zero-order chi connectivity index (χ0) is 22.7. The summed E-state index contributed by atoms with van der Waals surface area (Å²) in [7, 11) is 0. The van der Waals surface area contributed by atoms with Crippen LogP contribution in [-0.4, -0.2) is 20.3 Å². The highest BCUT2D eigenvalue weighted by Crippen LogP contribution is 2.25. The molecule has 0 atom stereocenters. The molecule has 0 radical (unpaired) electrons. The van der Waals surface area contributed by atoms with Crippen molar-refractivity contribution in [3.8, 4) is 0 Å². The van der Waals surface area contributed by atoms with Gasteiger partial charge in [-0.1, -0.05) is 29.8 Å². The van der Waals surface area contributed by atoms with Crippen molar-refractivity contribution in [2.24, 2.45) is 0 Å². The Morgan fingerprint density at radius 1 is 1.25 bits per heavy atom. The summed E-state index contributed by atoms with van der Waals surface area (Å²) < 4.78 is 6.69. The number of rotatable bonds is 7. The molecule has 0 spiro atoms. The number of nitro benzene ring substituents is 1. The Morgan fingerprint density at radius 2 is 2.06 bits per heavy atom. The molecule has 0 saturated carbocycles. The van der Waals surface area contributed by atoms with Crippen molar-refractivity contribution >= 4 is 45.2 Å². The molecule has 0 aliphatic heterocycles. The van der Waals surface area contributed by atoms with Gasteiger partial charge in [0.25, 0.3) is 11.2 Å². The predicted molar refractivity (Wildman–Crippen MR) is 120 cm³/mol. The lowest BCUT2D eigenvalue weighted by atomic mass is 10.1. The Kier molecular flexibility index (Phi) is 6.15. The molecular weight excluding hydrogens is 456 g/mol. The van der Waals surface area contributed by atoms with Gasteiger partial charge in [0.1, 0.15) is 6.61 Å². The number of anilines is 1. The van der Waals surface area contributed by atoms with Crippen LogP contribution in [0.25, 0.3) is 4.96 Å². The predicted octanol–water partition coefficient (Wildman–Crippen LogP) is 4.29. The molecule has 4 rings (SSSR count). The van der Waals surface area contributed by atoms with Crippen molar-refractivity contribution < 1.29 is 14.5 Å². The summed E-state index contributed by atoms with van der Waals surface area (Å²) in [6, 6.07) is 12.3. The molecule has 0 saturated heterocycles. The number of nitrogens with one attached hydrogen (secondary N) is 1. The molecule has 162 valence electrons. The van der Waals surface area contributed by atoms with Crippen LogP contribution in [0.3, 0.4) is 0 Å². The largest absolute Gasteiger partial charge is 0.456 e. The highest BCUT2D eigenvalue weighted by Gasteiger charge is 2.19.